The summed E-state index contributed by atoms with van der Waals surface area (Å²) in [7, 11) is 0. The summed E-state index contributed by atoms with van der Waals surface area (Å²) < 4.78 is 5.25. The Bertz CT molecular complexity index is 344. The Labute approximate surface area is 76.0 Å². The molecule has 1 aromatic carbocycles. The third kappa shape index (κ3) is 1.42. The molecule has 3 nitrogen and oxygen atoms in total. The molecular weight excluding hydrogens is 168 g/mol. The van der Waals surface area contributed by atoms with E-state index < -0.39 is 0 Å². The molecule has 0 spiro atoms. The van der Waals surface area contributed by atoms with E-state index in [-0.39, 0.29) is 19.0 Å². The number of Topliss-reactive ketones (excluding diaryl/α,β-unsaturated/α-hetero) is 1. The summed E-state index contributed by atoms with van der Waals surface area (Å²) in [5, 5.41) is 8.99. The number of hydrogen-bond donors (Lipinski definition) is 1. The summed E-state index contributed by atoms with van der Waals surface area (Å²) in [6, 6.07) is 5.48. The topological polar surface area (TPSA) is 46.5 Å². The average molecular weight is 178 g/mol. The van der Waals surface area contributed by atoms with Crippen LogP contribution in [-0.4, -0.2) is 17.5 Å². The van der Waals surface area contributed by atoms with Crippen LogP contribution in [0.2, 0.25) is 0 Å². The highest BCUT2D eigenvalue weighted by molar-refractivity contribution is 5.84. The fraction of sp³-hybridized carbons (Fsp3) is 0.300. The normalized spacial score (nSPS) is 15.0. The van der Waals surface area contributed by atoms with Crippen LogP contribution in [0.5, 0.6) is 5.75 Å². The van der Waals surface area contributed by atoms with Gasteiger partial charge in [0.05, 0.1) is 6.61 Å². The van der Waals surface area contributed by atoms with Gasteiger partial charge in [-0.3, -0.25) is 4.79 Å². The van der Waals surface area contributed by atoms with E-state index >= 15 is 0 Å². The molecule has 68 valence electrons. The van der Waals surface area contributed by atoms with Crippen molar-refractivity contribution in [1.82, 2.24) is 0 Å². The van der Waals surface area contributed by atoms with Crippen molar-refractivity contribution in [3.63, 3.8) is 0 Å². The Morgan fingerprint density at radius 2 is 2.31 bits per heavy atom. The van der Waals surface area contributed by atoms with Crippen LogP contribution >= 0.6 is 0 Å². The van der Waals surface area contributed by atoms with Crippen molar-refractivity contribution in [1.29, 1.82) is 0 Å². The van der Waals surface area contributed by atoms with Gasteiger partial charge >= 0.3 is 0 Å². The zero-order valence-electron chi connectivity index (χ0n) is 7.12. The summed E-state index contributed by atoms with van der Waals surface area (Å²) in [4.78, 5) is 11.0. The fourth-order valence-corrected chi connectivity index (χ4v) is 1.50. The van der Waals surface area contributed by atoms with E-state index in [1.165, 1.54) is 0 Å². The molecule has 0 bridgehead atoms. The van der Waals surface area contributed by atoms with Crippen LogP contribution in [0, 0.1) is 0 Å². The number of ether oxygens (including phenoxy) is 1. The number of benzene rings is 1. The molecule has 0 saturated heterocycles. The molecule has 1 aliphatic rings. The Hall–Kier alpha value is -1.35. The number of rotatable bonds is 1. The van der Waals surface area contributed by atoms with Gasteiger partial charge in [-0.1, -0.05) is 18.2 Å². The minimum Gasteiger partial charge on any atom is -0.485 e. The number of fused-ring (bicyclic) bond motifs is 1. The lowest BCUT2D eigenvalue weighted by Gasteiger charge is -2.18. The first-order valence-corrected chi connectivity index (χ1v) is 4.17. The van der Waals surface area contributed by atoms with E-state index in [1.807, 2.05) is 12.1 Å². The van der Waals surface area contributed by atoms with E-state index in [4.69, 9.17) is 9.84 Å². The van der Waals surface area contributed by atoms with E-state index in [2.05, 4.69) is 0 Å². The quantitative estimate of drug-likeness (QED) is 0.688. The first-order chi connectivity index (χ1) is 6.31. The first kappa shape index (κ1) is 8.26. The smallest absolute Gasteiger partial charge is 0.174 e. The van der Waals surface area contributed by atoms with E-state index in [1.54, 1.807) is 6.07 Å². The SMILES string of the molecule is O=C1COc2c(CO)cccc2C1. The maximum Gasteiger partial charge on any atom is 0.174 e. The minimum atomic E-state index is -0.0443. The molecule has 1 aromatic rings. The largest absolute Gasteiger partial charge is 0.485 e. The van der Waals surface area contributed by atoms with Gasteiger partial charge in [0.1, 0.15) is 12.4 Å². The molecule has 2 rings (SSSR count). The van der Waals surface area contributed by atoms with Crippen molar-refractivity contribution < 1.29 is 14.6 Å². The summed E-state index contributed by atoms with van der Waals surface area (Å²) in [6.07, 6.45) is 0.420. The lowest BCUT2D eigenvalue weighted by molar-refractivity contribution is -0.121. The van der Waals surface area contributed by atoms with Gasteiger partial charge in [0.25, 0.3) is 0 Å². The van der Waals surface area contributed by atoms with Crippen LogP contribution in [0.15, 0.2) is 18.2 Å². The maximum absolute atomic E-state index is 11.0. The van der Waals surface area contributed by atoms with E-state index in [9.17, 15) is 4.79 Å². The molecule has 0 unspecified atom stereocenters. The highest BCUT2D eigenvalue weighted by atomic mass is 16.5. The molecule has 1 aliphatic heterocycles. The number of hydrogen-bond acceptors (Lipinski definition) is 3. The van der Waals surface area contributed by atoms with E-state index in [0.717, 1.165) is 11.1 Å². The average Bonchev–Trinajstić information content (AvgIpc) is 2.16. The minimum absolute atomic E-state index is 0.0443. The lowest BCUT2D eigenvalue weighted by Crippen LogP contribution is -2.21. The van der Waals surface area contributed by atoms with E-state index in [0.29, 0.717) is 12.2 Å². The molecule has 0 aliphatic carbocycles. The fourth-order valence-electron chi connectivity index (χ4n) is 1.50. The first-order valence-electron chi connectivity index (χ1n) is 4.17. The second kappa shape index (κ2) is 3.18. The van der Waals surface area contributed by atoms with Crippen LogP contribution in [-0.2, 0) is 17.8 Å². The van der Waals surface area contributed by atoms with Gasteiger partial charge in [-0.25, -0.2) is 0 Å². The number of carbonyl (C=O) groups excluding carboxylic acids is 1. The Kier molecular flexibility index (Phi) is 2.02. The van der Waals surface area contributed by atoms with Crippen molar-refractivity contribution in [2.75, 3.05) is 6.61 Å². The predicted molar refractivity (Wildman–Crippen MR) is 46.6 cm³/mol. The summed E-state index contributed by atoms with van der Waals surface area (Å²) >= 11 is 0. The molecular formula is C10H10O3. The van der Waals surface area contributed by atoms with Gasteiger partial charge in [-0.2, -0.15) is 0 Å². The third-order valence-electron chi connectivity index (χ3n) is 2.11. The predicted octanol–water partition coefficient (Wildman–Crippen LogP) is 0.683. The molecule has 0 radical (unpaired) electrons. The molecule has 0 aromatic heterocycles. The van der Waals surface area contributed by atoms with Gasteiger partial charge in [0.2, 0.25) is 0 Å². The maximum atomic E-state index is 11.0. The highest BCUT2D eigenvalue weighted by Gasteiger charge is 2.18. The molecule has 1 N–H and O–H groups in total. The standard InChI is InChI=1S/C10H10O3/c11-5-8-3-1-2-7-4-9(12)6-13-10(7)8/h1-3,11H,4-6H2. The van der Waals surface area contributed by atoms with Gasteiger partial charge < -0.3 is 9.84 Å². The van der Waals surface area contributed by atoms with Crippen LogP contribution in [0.4, 0.5) is 0 Å². The summed E-state index contributed by atoms with van der Waals surface area (Å²) in [6.45, 7) is 0.0847. The van der Waals surface area contributed by atoms with Crippen molar-refractivity contribution in [3.8, 4) is 5.75 Å². The molecule has 13 heavy (non-hydrogen) atoms. The third-order valence-corrected chi connectivity index (χ3v) is 2.11. The summed E-state index contributed by atoms with van der Waals surface area (Å²) in [5.74, 6) is 0.771. The van der Waals surface area contributed by atoms with Crippen LogP contribution in [0.25, 0.3) is 0 Å². The lowest BCUT2D eigenvalue weighted by atomic mass is 10.0. The zero-order chi connectivity index (χ0) is 9.26. The van der Waals surface area contributed by atoms with Gasteiger partial charge in [0.15, 0.2) is 5.78 Å². The van der Waals surface area contributed by atoms with Crippen molar-refractivity contribution in [2.24, 2.45) is 0 Å². The van der Waals surface area contributed by atoms with Gasteiger partial charge in [-0.05, 0) is 0 Å². The molecule has 0 saturated carbocycles. The number of ketones is 1. The van der Waals surface area contributed by atoms with Gasteiger partial charge in [0, 0.05) is 17.5 Å². The molecule has 0 fully saturated rings. The van der Waals surface area contributed by atoms with Crippen molar-refractivity contribution in [2.45, 2.75) is 13.0 Å². The molecule has 0 amide bonds. The van der Waals surface area contributed by atoms with Gasteiger partial charge in [-0.15, -0.1) is 0 Å². The second-order valence-electron chi connectivity index (χ2n) is 3.07. The Morgan fingerprint density at radius 1 is 1.46 bits per heavy atom. The monoisotopic (exact) mass is 178 g/mol. The molecule has 0 atom stereocenters. The van der Waals surface area contributed by atoms with Crippen LogP contribution < -0.4 is 4.74 Å². The summed E-state index contributed by atoms with van der Waals surface area (Å²) in [5.41, 5.74) is 1.63. The molecule has 1 heterocycles. The van der Waals surface area contributed by atoms with Crippen LogP contribution in [0.1, 0.15) is 11.1 Å². The Balaban J connectivity index is 2.45. The second-order valence-corrected chi connectivity index (χ2v) is 3.07. The number of aliphatic hydroxyl groups excluding tert-OH is 1. The Morgan fingerprint density at radius 3 is 3.08 bits per heavy atom. The number of para-hydroxylation sites is 1. The highest BCUT2D eigenvalue weighted by Crippen LogP contribution is 2.27. The number of carbonyl (C=O) groups is 1. The zero-order valence-corrected chi connectivity index (χ0v) is 7.12. The molecule has 3 heteroatoms. The van der Waals surface area contributed by atoms with Crippen molar-refractivity contribution >= 4 is 5.78 Å². The van der Waals surface area contributed by atoms with Crippen LogP contribution in [0.3, 0.4) is 0 Å². The number of aliphatic hydroxyl groups is 1. The van der Waals surface area contributed by atoms with Crippen molar-refractivity contribution in [3.05, 3.63) is 29.3 Å².